The van der Waals surface area contributed by atoms with Crippen LogP contribution >= 0.6 is 27.7 Å². The Morgan fingerprint density at radius 1 is 1.30 bits per heavy atom. The van der Waals surface area contributed by atoms with Crippen molar-refractivity contribution in [3.8, 4) is 6.07 Å². The molecular weight excluding hydrogens is 332 g/mol. The zero-order chi connectivity index (χ0) is 14.4. The van der Waals surface area contributed by atoms with Gasteiger partial charge in [0.2, 0.25) is 0 Å². The predicted molar refractivity (Wildman–Crippen MR) is 86.7 cm³/mol. The first-order valence-corrected chi connectivity index (χ1v) is 8.18. The highest BCUT2D eigenvalue weighted by molar-refractivity contribution is 9.10. The molecule has 2 nitrogen and oxygen atoms in total. The van der Waals surface area contributed by atoms with E-state index in [4.69, 9.17) is 0 Å². The Morgan fingerprint density at radius 3 is 2.60 bits per heavy atom. The Bertz CT molecular complexity index is 592. The Morgan fingerprint density at radius 2 is 2.05 bits per heavy atom. The number of hydrogen-bond acceptors (Lipinski definition) is 3. The highest BCUT2D eigenvalue weighted by atomic mass is 79.9. The van der Waals surface area contributed by atoms with Gasteiger partial charge in [-0.3, -0.25) is 4.98 Å². The van der Waals surface area contributed by atoms with Gasteiger partial charge in [0.1, 0.15) is 0 Å². The predicted octanol–water partition coefficient (Wildman–Crippen LogP) is 4.81. The summed E-state index contributed by atoms with van der Waals surface area (Å²) in [6, 6.07) is 14.5. The smallest absolute Gasteiger partial charge is 0.0928 e. The van der Waals surface area contributed by atoms with E-state index in [1.54, 1.807) is 24.2 Å². The Kier molecular flexibility index (Phi) is 5.22. The van der Waals surface area contributed by atoms with E-state index in [0.29, 0.717) is 0 Å². The molecule has 0 N–H and O–H groups in total. The number of benzene rings is 1. The molecule has 1 aromatic carbocycles. The van der Waals surface area contributed by atoms with Gasteiger partial charge in [0.05, 0.1) is 11.5 Å². The number of pyridine rings is 1. The Hall–Kier alpha value is -1.31. The van der Waals surface area contributed by atoms with Gasteiger partial charge >= 0.3 is 0 Å². The third-order valence-electron chi connectivity index (χ3n) is 3.33. The standard InChI is InChI=1S/C16H15BrN2S/c1-2-16(11-18,13-4-3-9-19-10-13)12-20-15-7-5-14(17)6-8-15/h3-10H,2,12H2,1H3. The van der Waals surface area contributed by atoms with Crippen molar-refractivity contribution in [2.75, 3.05) is 5.75 Å². The van der Waals surface area contributed by atoms with E-state index in [0.717, 1.165) is 22.2 Å². The number of nitriles is 1. The van der Waals surface area contributed by atoms with E-state index in [-0.39, 0.29) is 0 Å². The molecule has 102 valence electrons. The second-order valence-electron chi connectivity index (χ2n) is 4.53. The van der Waals surface area contributed by atoms with Crippen LogP contribution in [0.1, 0.15) is 18.9 Å². The molecule has 1 aromatic heterocycles. The first-order chi connectivity index (χ1) is 9.70. The summed E-state index contributed by atoms with van der Waals surface area (Å²) >= 11 is 5.14. The van der Waals surface area contributed by atoms with Crippen molar-refractivity contribution >= 4 is 27.7 Å². The summed E-state index contributed by atoms with van der Waals surface area (Å²) in [5, 5.41) is 9.65. The summed E-state index contributed by atoms with van der Waals surface area (Å²) < 4.78 is 1.07. The number of nitrogens with zero attached hydrogens (tertiary/aromatic N) is 2. The molecule has 1 atom stereocenters. The van der Waals surface area contributed by atoms with Gasteiger partial charge in [0, 0.05) is 27.5 Å². The van der Waals surface area contributed by atoms with E-state index in [9.17, 15) is 5.26 Å². The van der Waals surface area contributed by atoms with Gasteiger partial charge in [0.25, 0.3) is 0 Å². The molecule has 20 heavy (non-hydrogen) atoms. The molecule has 0 saturated carbocycles. The van der Waals surface area contributed by atoms with Crippen LogP contribution in [0.15, 0.2) is 58.2 Å². The van der Waals surface area contributed by atoms with E-state index in [1.807, 2.05) is 24.3 Å². The highest BCUT2D eigenvalue weighted by Gasteiger charge is 2.30. The molecule has 0 amide bonds. The lowest BCUT2D eigenvalue weighted by Gasteiger charge is -2.24. The molecule has 0 aliphatic carbocycles. The van der Waals surface area contributed by atoms with Crippen molar-refractivity contribution in [3.05, 3.63) is 58.8 Å². The van der Waals surface area contributed by atoms with E-state index in [1.165, 1.54) is 4.90 Å². The van der Waals surface area contributed by atoms with Crippen LogP contribution in [-0.4, -0.2) is 10.7 Å². The quantitative estimate of drug-likeness (QED) is 0.729. The van der Waals surface area contributed by atoms with Crippen molar-refractivity contribution < 1.29 is 0 Å². The third-order valence-corrected chi connectivity index (χ3v) is 5.10. The van der Waals surface area contributed by atoms with Gasteiger partial charge in [-0.25, -0.2) is 0 Å². The lowest BCUT2D eigenvalue weighted by atomic mass is 9.82. The van der Waals surface area contributed by atoms with E-state index < -0.39 is 5.41 Å². The van der Waals surface area contributed by atoms with Crippen LogP contribution in [0.4, 0.5) is 0 Å². The Labute approximate surface area is 132 Å². The van der Waals surface area contributed by atoms with E-state index in [2.05, 4.69) is 46.0 Å². The molecule has 0 spiro atoms. The van der Waals surface area contributed by atoms with Crippen LogP contribution in [0.2, 0.25) is 0 Å². The lowest BCUT2D eigenvalue weighted by Crippen LogP contribution is -2.26. The number of halogens is 1. The average molecular weight is 347 g/mol. The SMILES string of the molecule is CCC(C#N)(CSc1ccc(Br)cc1)c1cccnc1. The largest absolute Gasteiger partial charge is 0.264 e. The van der Waals surface area contributed by atoms with Gasteiger partial charge in [-0.1, -0.05) is 28.9 Å². The van der Waals surface area contributed by atoms with Crippen LogP contribution in [0.25, 0.3) is 0 Å². The van der Waals surface area contributed by atoms with Crippen LogP contribution in [0.3, 0.4) is 0 Å². The second kappa shape index (κ2) is 6.92. The van der Waals surface area contributed by atoms with Gasteiger partial charge in [-0.05, 0) is 42.3 Å². The molecule has 4 heteroatoms. The minimum absolute atomic E-state index is 0.480. The van der Waals surface area contributed by atoms with Gasteiger partial charge in [0.15, 0.2) is 0 Å². The molecule has 1 unspecified atom stereocenters. The molecule has 2 aromatic rings. The summed E-state index contributed by atoms with van der Waals surface area (Å²) in [6.45, 7) is 2.05. The molecule has 0 saturated heterocycles. The number of hydrogen-bond donors (Lipinski definition) is 0. The maximum absolute atomic E-state index is 9.65. The van der Waals surface area contributed by atoms with Crippen LogP contribution in [0, 0.1) is 11.3 Å². The fourth-order valence-corrected chi connectivity index (χ4v) is 3.39. The normalized spacial score (nSPS) is 13.4. The van der Waals surface area contributed by atoms with Gasteiger partial charge in [-0.15, -0.1) is 11.8 Å². The summed E-state index contributed by atoms with van der Waals surface area (Å²) in [6.07, 6.45) is 4.32. The summed E-state index contributed by atoms with van der Waals surface area (Å²) in [5.41, 5.74) is 0.515. The topological polar surface area (TPSA) is 36.7 Å². The first kappa shape index (κ1) is 15.1. The van der Waals surface area contributed by atoms with Crippen LogP contribution < -0.4 is 0 Å². The molecule has 0 radical (unpaired) electrons. The van der Waals surface area contributed by atoms with Crippen molar-refractivity contribution in [2.45, 2.75) is 23.7 Å². The third kappa shape index (κ3) is 3.41. The molecule has 0 aliphatic heterocycles. The second-order valence-corrected chi connectivity index (χ2v) is 6.50. The molecular formula is C16H15BrN2S. The van der Waals surface area contributed by atoms with Crippen LogP contribution in [-0.2, 0) is 5.41 Å². The summed E-state index contributed by atoms with van der Waals surface area (Å²) in [5.74, 6) is 0.729. The van der Waals surface area contributed by atoms with E-state index >= 15 is 0 Å². The minimum atomic E-state index is -0.480. The highest BCUT2D eigenvalue weighted by Crippen LogP contribution is 2.34. The van der Waals surface area contributed by atoms with Gasteiger partial charge in [-0.2, -0.15) is 5.26 Å². The van der Waals surface area contributed by atoms with Crippen molar-refractivity contribution in [2.24, 2.45) is 0 Å². The zero-order valence-corrected chi connectivity index (χ0v) is 13.6. The van der Waals surface area contributed by atoms with Crippen molar-refractivity contribution in [3.63, 3.8) is 0 Å². The summed E-state index contributed by atoms with van der Waals surface area (Å²) in [4.78, 5) is 5.32. The van der Waals surface area contributed by atoms with Crippen molar-refractivity contribution in [1.29, 1.82) is 5.26 Å². The lowest BCUT2D eigenvalue weighted by molar-refractivity contribution is 0.595. The fourth-order valence-electron chi connectivity index (χ4n) is 1.95. The Balaban J connectivity index is 2.18. The molecule has 2 rings (SSSR count). The van der Waals surface area contributed by atoms with Crippen molar-refractivity contribution in [1.82, 2.24) is 4.98 Å². The molecule has 1 heterocycles. The maximum atomic E-state index is 9.65. The number of aromatic nitrogens is 1. The maximum Gasteiger partial charge on any atom is 0.0928 e. The number of thioether (sulfide) groups is 1. The first-order valence-electron chi connectivity index (χ1n) is 6.40. The van der Waals surface area contributed by atoms with Crippen LogP contribution in [0.5, 0.6) is 0 Å². The molecule has 0 fully saturated rings. The average Bonchev–Trinajstić information content (AvgIpc) is 2.51. The summed E-state index contributed by atoms with van der Waals surface area (Å²) in [7, 11) is 0. The fraction of sp³-hybridized carbons (Fsp3) is 0.250. The monoisotopic (exact) mass is 346 g/mol. The molecule has 0 aliphatic rings. The van der Waals surface area contributed by atoms with Gasteiger partial charge < -0.3 is 0 Å². The number of rotatable bonds is 5. The minimum Gasteiger partial charge on any atom is -0.264 e. The molecule has 0 bridgehead atoms. The zero-order valence-electron chi connectivity index (χ0n) is 11.2.